The number of carbonyl (C=O) groups is 1. The average molecular weight is 262 g/mol. The molecule has 4 nitrogen and oxygen atoms in total. The summed E-state index contributed by atoms with van der Waals surface area (Å²) in [6, 6.07) is 7.93. The van der Waals surface area contributed by atoms with Gasteiger partial charge < -0.3 is 15.7 Å². The fourth-order valence-corrected chi connectivity index (χ4v) is 2.15. The van der Waals surface area contributed by atoms with Crippen molar-refractivity contribution in [1.29, 1.82) is 0 Å². The molecule has 1 aliphatic heterocycles. The summed E-state index contributed by atoms with van der Waals surface area (Å²) in [5.41, 5.74) is 1.85. The lowest BCUT2D eigenvalue weighted by molar-refractivity contribution is -0.126. The van der Waals surface area contributed by atoms with E-state index in [0.29, 0.717) is 13.0 Å². The Morgan fingerprint density at radius 1 is 1.42 bits per heavy atom. The number of carbonyl (C=O) groups excluding carboxylic acids is 1. The summed E-state index contributed by atoms with van der Waals surface area (Å²) in [4.78, 5) is 12.2. The van der Waals surface area contributed by atoms with Gasteiger partial charge in [0.25, 0.3) is 0 Å². The predicted octanol–water partition coefficient (Wildman–Crippen LogP) is 0.976. The molecule has 2 atom stereocenters. The second kappa shape index (κ2) is 5.31. The number of benzene rings is 1. The van der Waals surface area contributed by atoms with E-state index in [1.807, 2.05) is 26.0 Å². The number of fused-ring (bicyclic) bond motifs is 1. The van der Waals surface area contributed by atoms with Crippen LogP contribution in [0.5, 0.6) is 0 Å². The number of hydrogen-bond acceptors (Lipinski definition) is 3. The largest absolute Gasteiger partial charge is 0.391 e. The molecule has 0 bridgehead atoms. The lowest BCUT2D eigenvalue weighted by Gasteiger charge is -2.33. The highest BCUT2D eigenvalue weighted by Gasteiger charge is 2.31. The molecule has 19 heavy (non-hydrogen) atoms. The molecule has 2 rings (SSSR count). The zero-order chi connectivity index (χ0) is 14.0. The van der Waals surface area contributed by atoms with Crippen molar-refractivity contribution in [2.75, 3.05) is 0 Å². The highest BCUT2D eigenvalue weighted by atomic mass is 16.3. The van der Waals surface area contributed by atoms with Crippen molar-refractivity contribution in [2.24, 2.45) is 0 Å². The van der Waals surface area contributed by atoms with E-state index in [1.54, 1.807) is 6.92 Å². The number of aliphatic hydroxyl groups is 1. The third-order valence-electron chi connectivity index (χ3n) is 3.89. The zero-order valence-corrected chi connectivity index (χ0v) is 11.7. The summed E-state index contributed by atoms with van der Waals surface area (Å²) in [5.74, 6) is -0.0552. The van der Waals surface area contributed by atoms with Gasteiger partial charge in [0.1, 0.15) is 0 Å². The Labute approximate surface area is 114 Å². The fourth-order valence-electron chi connectivity index (χ4n) is 2.15. The third kappa shape index (κ3) is 3.14. The van der Waals surface area contributed by atoms with Crippen LogP contribution < -0.4 is 10.6 Å². The lowest BCUT2D eigenvalue weighted by atomic mass is 9.93. The summed E-state index contributed by atoms with van der Waals surface area (Å²) in [6.45, 7) is 6.05. The SMILES string of the molecule is CC(O)C(C)(C)NC(=O)C1Cc2ccccc2CN1. The van der Waals surface area contributed by atoms with Crippen LogP contribution in [0.25, 0.3) is 0 Å². The van der Waals surface area contributed by atoms with Gasteiger partial charge in [-0.05, 0) is 38.3 Å². The molecule has 104 valence electrons. The molecule has 4 heteroatoms. The second-order valence-electron chi connectivity index (χ2n) is 5.79. The molecule has 3 N–H and O–H groups in total. The molecule has 1 amide bonds. The van der Waals surface area contributed by atoms with E-state index < -0.39 is 11.6 Å². The molecule has 0 fully saturated rings. The van der Waals surface area contributed by atoms with Gasteiger partial charge in [0.2, 0.25) is 5.91 Å². The van der Waals surface area contributed by atoms with Crippen molar-refractivity contribution in [2.45, 2.75) is 51.4 Å². The lowest BCUT2D eigenvalue weighted by Crippen LogP contribution is -2.57. The first kappa shape index (κ1) is 14.0. The third-order valence-corrected chi connectivity index (χ3v) is 3.89. The van der Waals surface area contributed by atoms with Crippen molar-refractivity contribution in [3.8, 4) is 0 Å². The van der Waals surface area contributed by atoms with E-state index in [2.05, 4.69) is 22.8 Å². The molecule has 1 aliphatic rings. The van der Waals surface area contributed by atoms with Crippen LogP contribution >= 0.6 is 0 Å². The van der Waals surface area contributed by atoms with Crippen LogP contribution in [0.2, 0.25) is 0 Å². The minimum absolute atomic E-state index is 0.0552. The molecule has 0 saturated heterocycles. The first-order chi connectivity index (χ1) is 8.90. The highest BCUT2D eigenvalue weighted by Crippen LogP contribution is 2.17. The van der Waals surface area contributed by atoms with Crippen LogP contribution in [0, 0.1) is 0 Å². The van der Waals surface area contributed by atoms with Crippen molar-refractivity contribution in [3.05, 3.63) is 35.4 Å². The Bertz CT molecular complexity index is 469. The van der Waals surface area contributed by atoms with E-state index in [0.717, 1.165) is 0 Å². The van der Waals surface area contributed by atoms with Gasteiger partial charge in [-0.1, -0.05) is 24.3 Å². The minimum atomic E-state index is -0.615. The van der Waals surface area contributed by atoms with E-state index in [1.165, 1.54) is 11.1 Å². The summed E-state index contributed by atoms with van der Waals surface area (Å²) in [6.07, 6.45) is 0.102. The normalized spacial score (nSPS) is 20.5. The van der Waals surface area contributed by atoms with Crippen LogP contribution in [-0.2, 0) is 17.8 Å². The maximum Gasteiger partial charge on any atom is 0.237 e. The zero-order valence-electron chi connectivity index (χ0n) is 11.7. The number of amides is 1. The minimum Gasteiger partial charge on any atom is -0.391 e. The van der Waals surface area contributed by atoms with Crippen molar-refractivity contribution in [3.63, 3.8) is 0 Å². The molecular formula is C15H22N2O2. The Hall–Kier alpha value is -1.39. The molecule has 1 aromatic rings. The van der Waals surface area contributed by atoms with Crippen LogP contribution in [0.1, 0.15) is 31.9 Å². The molecule has 1 heterocycles. The monoisotopic (exact) mass is 262 g/mol. The maximum atomic E-state index is 12.2. The molecule has 0 spiro atoms. The van der Waals surface area contributed by atoms with E-state index in [-0.39, 0.29) is 11.9 Å². The average Bonchev–Trinajstić information content (AvgIpc) is 2.37. The molecule has 0 radical (unpaired) electrons. The van der Waals surface area contributed by atoms with Gasteiger partial charge in [-0.25, -0.2) is 0 Å². The van der Waals surface area contributed by atoms with E-state index >= 15 is 0 Å². The summed E-state index contributed by atoms with van der Waals surface area (Å²) in [5, 5.41) is 15.8. The Morgan fingerprint density at radius 3 is 2.68 bits per heavy atom. The molecule has 1 aromatic carbocycles. The van der Waals surface area contributed by atoms with Crippen LogP contribution in [0.3, 0.4) is 0 Å². The molecule has 0 aliphatic carbocycles. The highest BCUT2D eigenvalue weighted by molar-refractivity contribution is 5.83. The van der Waals surface area contributed by atoms with Crippen LogP contribution in [0.15, 0.2) is 24.3 Å². The number of nitrogens with one attached hydrogen (secondary N) is 2. The smallest absolute Gasteiger partial charge is 0.237 e. The Morgan fingerprint density at radius 2 is 2.05 bits per heavy atom. The first-order valence-corrected chi connectivity index (χ1v) is 6.70. The molecule has 0 aromatic heterocycles. The van der Waals surface area contributed by atoms with Gasteiger partial charge in [0.15, 0.2) is 0 Å². The number of aliphatic hydroxyl groups excluding tert-OH is 1. The fraction of sp³-hybridized carbons (Fsp3) is 0.533. The summed E-state index contributed by atoms with van der Waals surface area (Å²) < 4.78 is 0. The summed E-state index contributed by atoms with van der Waals surface area (Å²) >= 11 is 0. The molecule has 2 unspecified atom stereocenters. The van der Waals surface area contributed by atoms with Gasteiger partial charge >= 0.3 is 0 Å². The van der Waals surface area contributed by atoms with Gasteiger partial charge in [0.05, 0.1) is 17.7 Å². The molecular weight excluding hydrogens is 240 g/mol. The quantitative estimate of drug-likeness (QED) is 0.761. The Kier molecular flexibility index (Phi) is 3.92. The van der Waals surface area contributed by atoms with Gasteiger partial charge in [-0.15, -0.1) is 0 Å². The van der Waals surface area contributed by atoms with E-state index in [4.69, 9.17) is 0 Å². The van der Waals surface area contributed by atoms with Gasteiger partial charge in [0, 0.05) is 6.54 Å². The van der Waals surface area contributed by atoms with Crippen LogP contribution in [0.4, 0.5) is 0 Å². The van der Waals surface area contributed by atoms with E-state index in [9.17, 15) is 9.90 Å². The summed E-state index contributed by atoms with van der Waals surface area (Å²) in [7, 11) is 0. The second-order valence-corrected chi connectivity index (χ2v) is 5.79. The maximum absolute atomic E-state index is 12.2. The van der Waals surface area contributed by atoms with Crippen molar-refractivity contribution >= 4 is 5.91 Å². The topological polar surface area (TPSA) is 61.4 Å². The van der Waals surface area contributed by atoms with Crippen molar-refractivity contribution < 1.29 is 9.90 Å². The van der Waals surface area contributed by atoms with Crippen LogP contribution in [-0.4, -0.2) is 28.7 Å². The number of hydrogen-bond donors (Lipinski definition) is 3. The Balaban J connectivity index is 2.03. The van der Waals surface area contributed by atoms with Gasteiger partial charge in [-0.2, -0.15) is 0 Å². The molecule has 0 saturated carbocycles. The van der Waals surface area contributed by atoms with Gasteiger partial charge in [-0.3, -0.25) is 4.79 Å². The standard InChI is InChI=1S/C15H22N2O2/c1-10(18)15(2,3)17-14(19)13-8-11-6-4-5-7-12(11)9-16-13/h4-7,10,13,16,18H,8-9H2,1-3H3,(H,17,19). The predicted molar refractivity (Wildman–Crippen MR) is 74.7 cm³/mol. The number of rotatable bonds is 3. The van der Waals surface area contributed by atoms with Crippen molar-refractivity contribution in [1.82, 2.24) is 10.6 Å². The first-order valence-electron chi connectivity index (χ1n) is 6.70.